The van der Waals surface area contributed by atoms with Gasteiger partial charge in [-0.25, -0.2) is 8.42 Å². The lowest BCUT2D eigenvalue weighted by molar-refractivity contribution is -0.137. The molecule has 0 radical (unpaired) electrons. The molecule has 0 saturated carbocycles. The molecular formula is C15H21N3O3S. The Labute approximate surface area is 131 Å². The van der Waals surface area contributed by atoms with Crippen LogP contribution < -0.4 is 0 Å². The molecule has 7 heteroatoms. The zero-order valence-corrected chi connectivity index (χ0v) is 13.5. The maximum absolute atomic E-state index is 12.3. The Morgan fingerprint density at radius 3 is 2.64 bits per heavy atom. The molecule has 0 unspecified atom stereocenters. The Balaban J connectivity index is 1.48. The number of carbonyl (C=O) groups is 1. The number of sulfone groups is 1. The number of aromatic nitrogens is 1. The fourth-order valence-electron chi connectivity index (χ4n) is 3.09. The van der Waals surface area contributed by atoms with Crippen molar-refractivity contribution in [3.63, 3.8) is 0 Å². The lowest BCUT2D eigenvalue weighted by Gasteiger charge is -2.40. The average Bonchev–Trinajstić information content (AvgIpc) is 2.79. The molecule has 3 heterocycles. The summed E-state index contributed by atoms with van der Waals surface area (Å²) >= 11 is 0. The molecule has 22 heavy (non-hydrogen) atoms. The summed E-state index contributed by atoms with van der Waals surface area (Å²) in [4.78, 5) is 20.0. The fraction of sp³-hybridized carbons (Fsp3) is 0.600. The van der Waals surface area contributed by atoms with Crippen molar-refractivity contribution in [2.24, 2.45) is 0 Å². The molecule has 3 rings (SSSR count). The first-order chi connectivity index (χ1) is 10.4. The second-order valence-corrected chi connectivity index (χ2v) is 8.48. The number of hydrogen-bond acceptors (Lipinski definition) is 5. The van der Waals surface area contributed by atoms with Crippen molar-refractivity contribution >= 4 is 15.7 Å². The minimum Gasteiger partial charge on any atom is -0.340 e. The van der Waals surface area contributed by atoms with E-state index in [2.05, 4.69) is 4.98 Å². The van der Waals surface area contributed by atoms with Gasteiger partial charge in [-0.2, -0.15) is 0 Å². The first-order valence-corrected chi connectivity index (χ1v) is 9.35. The van der Waals surface area contributed by atoms with Crippen molar-refractivity contribution in [1.82, 2.24) is 14.8 Å². The molecule has 0 spiro atoms. The minimum absolute atomic E-state index is 0.0220. The van der Waals surface area contributed by atoms with Crippen LogP contribution in [-0.4, -0.2) is 73.3 Å². The number of pyridine rings is 1. The summed E-state index contributed by atoms with van der Waals surface area (Å²) < 4.78 is 23.0. The summed E-state index contributed by atoms with van der Waals surface area (Å²) in [5.74, 6) is 0.890. The zero-order chi connectivity index (χ0) is 15.7. The molecule has 6 nitrogen and oxygen atoms in total. The Morgan fingerprint density at radius 1 is 1.36 bits per heavy atom. The molecule has 0 aliphatic carbocycles. The van der Waals surface area contributed by atoms with E-state index in [1.54, 1.807) is 12.4 Å². The molecule has 2 aliphatic rings. The fourth-order valence-corrected chi connectivity index (χ4v) is 4.90. The summed E-state index contributed by atoms with van der Waals surface area (Å²) in [7, 11) is -1.07. The molecule has 1 aromatic rings. The molecule has 1 atom stereocenters. The van der Waals surface area contributed by atoms with Crippen LogP contribution in [0.5, 0.6) is 0 Å². The predicted octanol–water partition coefficient (Wildman–Crippen LogP) is 0.126. The first kappa shape index (κ1) is 15.4. The van der Waals surface area contributed by atoms with Gasteiger partial charge >= 0.3 is 0 Å². The number of likely N-dealkylation sites (N-methyl/N-ethyl adjacent to an activating group) is 1. The van der Waals surface area contributed by atoms with Crippen LogP contribution in [0.1, 0.15) is 17.9 Å². The van der Waals surface area contributed by atoms with Crippen LogP contribution in [0.2, 0.25) is 0 Å². The summed E-state index contributed by atoms with van der Waals surface area (Å²) in [6.07, 6.45) is 4.17. The first-order valence-electron chi connectivity index (χ1n) is 7.53. The summed E-state index contributed by atoms with van der Waals surface area (Å²) in [6, 6.07) is 3.95. The highest BCUT2D eigenvalue weighted by Gasteiger charge is 2.35. The van der Waals surface area contributed by atoms with E-state index >= 15 is 0 Å². The maximum Gasteiger partial charge on any atom is 0.236 e. The van der Waals surface area contributed by atoms with Gasteiger partial charge in [0.2, 0.25) is 5.91 Å². The van der Waals surface area contributed by atoms with Crippen molar-refractivity contribution in [2.45, 2.75) is 18.4 Å². The van der Waals surface area contributed by atoms with E-state index in [0.29, 0.717) is 18.9 Å². The van der Waals surface area contributed by atoms with E-state index in [-0.39, 0.29) is 23.5 Å². The number of likely N-dealkylation sites (tertiary alicyclic amines) is 1. The topological polar surface area (TPSA) is 70.6 Å². The molecule has 0 bridgehead atoms. The van der Waals surface area contributed by atoms with Crippen molar-refractivity contribution < 1.29 is 13.2 Å². The summed E-state index contributed by atoms with van der Waals surface area (Å²) in [5, 5.41) is 0. The number of carbonyl (C=O) groups excluding carboxylic acids is 1. The normalized spacial score (nSPS) is 24.5. The third kappa shape index (κ3) is 3.30. The predicted molar refractivity (Wildman–Crippen MR) is 83.2 cm³/mol. The van der Waals surface area contributed by atoms with Gasteiger partial charge in [-0.05, 0) is 31.2 Å². The molecular weight excluding hydrogens is 302 g/mol. The second kappa shape index (κ2) is 5.96. The second-order valence-electron chi connectivity index (χ2n) is 6.25. The molecule has 1 aromatic heterocycles. The van der Waals surface area contributed by atoms with E-state index in [9.17, 15) is 13.2 Å². The van der Waals surface area contributed by atoms with Crippen molar-refractivity contribution in [1.29, 1.82) is 0 Å². The van der Waals surface area contributed by atoms with E-state index < -0.39 is 9.84 Å². The van der Waals surface area contributed by atoms with Crippen LogP contribution in [0.25, 0.3) is 0 Å². The van der Waals surface area contributed by atoms with Crippen molar-refractivity contribution in [3.05, 3.63) is 30.1 Å². The van der Waals surface area contributed by atoms with Crippen LogP contribution in [0.3, 0.4) is 0 Å². The van der Waals surface area contributed by atoms with Crippen LogP contribution in [-0.2, 0) is 14.6 Å². The highest BCUT2D eigenvalue weighted by Crippen LogP contribution is 2.26. The van der Waals surface area contributed by atoms with Crippen LogP contribution >= 0.6 is 0 Å². The van der Waals surface area contributed by atoms with Crippen molar-refractivity contribution in [2.75, 3.05) is 38.2 Å². The zero-order valence-electron chi connectivity index (χ0n) is 12.7. The van der Waals surface area contributed by atoms with Crippen LogP contribution in [0.4, 0.5) is 0 Å². The molecule has 0 N–H and O–H groups in total. The molecule has 2 aliphatic heterocycles. The summed E-state index contributed by atoms with van der Waals surface area (Å²) in [5.41, 5.74) is 1.22. The van der Waals surface area contributed by atoms with Crippen molar-refractivity contribution in [3.8, 4) is 0 Å². The Hall–Kier alpha value is -1.47. The van der Waals surface area contributed by atoms with Crippen LogP contribution in [0.15, 0.2) is 24.5 Å². The molecule has 2 fully saturated rings. The Kier molecular flexibility index (Phi) is 4.18. The minimum atomic E-state index is -2.91. The van der Waals surface area contributed by atoms with Gasteiger partial charge in [0.05, 0.1) is 18.1 Å². The maximum atomic E-state index is 12.3. The van der Waals surface area contributed by atoms with Gasteiger partial charge in [0.15, 0.2) is 9.84 Å². The highest BCUT2D eigenvalue weighted by molar-refractivity contribution is 7.91. The lowest BCUT2D eigenvalue weighted by atomic mass is 9.92. The number of nitrogens with zero attached hydrogens (tertiary/aromatic N) is 3. The van der Waals surface area contributed by atoms with Gasteiger partial charge in [0, 0.05) is 37.4 Å². The quantitative estimate of drug-likeness (QED) is 0.787. The molecule has 120 valence electrons. The standard InChI is InChI=1S/C15H21N3O3S/c1-17(14-4-7-22(20,21)11-14)10-15(19)18-8-13(9-18)12-2-5-16-6-3-12/h2-3,5-6,13-14H,4,7-11H2,1H3/t14-/m0/s1. The van der Waals surface area contributed by atoms with Gasteiger partial charge in [-0.15, -0.1) is 0 Å². The van der Waals surface area contributed by atoms with Gasteiger partial charge in [0.1, 0.15) is 0 Å². The third-order valence-corrected chi connectivity index (χ3v) is 6.38. The van der Waals surface area contributed by atoms with Gasteiger partial charge < -0.3 is 4.90 Å². The van der Waals surface area contributed by atoms with Crippen LogP contribution in [0, 0.1) is 0 Å². The number of amides is 1. The SMILES string of the molecule is CN(CC(=O)N1CC(c2ccncc2)C1)[C@H]1CCS(=O)(=O)C1. The Morgan fingerprint density at radius 2 is 2.05 bits per heavy atom. The van der Waals surface area contributed by atoms with E-state index in [4.69, 9.17) is 0 Å². The third-order valence-electron chi connectivity index (χ3n) is 4.63. The Bertz CT molecular complexity index is 641. The molecule has 0 aromatic carbocycles. The molecule has 1 amide bonds. The monoisotopic (exact) mass is 323 g/mol. The van der Waals surface area contributed by atoms with Gasteiger partial charge in [0.25, 0.3) is 0 Å². The molecule has 2 saturated heterocycles. The highest BCUT2D eigenvalue weighted by atomic mass is 32.2. The van der Waals surface area contributed by atoms with E-state index in [0.717, 1.165) is 13.1 Å². The van der Waals surface area contributed by atoms with E-state index in [1.807, 2.05) is 29.0 Å². The smallest absolute Gasteiger partial charge is 0.236 e. The van der Waals surface area contributed by atoms with Gasteiger partial charge in [-0.3, -0.25) is 14.7 Å². The number of rotatable bonds is 4. The lowest BCUT2D eigenvalue weighted by Crippen LogP contribution is -2.52. The largest absolute Gasteiger partial charge is 0.340 e. The summed E-state index contributed by atoms with van der Waals surface area (Å²) in [6.45, 7) is 1.77. The number of hydrogen-bond donors (Lipinski definition) is 0. The average molecular weight is 323 g/mol. The van der Waals surface area contributed by atoms with Gasteiger partial charge in [-0.1, -0.05) is 0 Å². The van der Waals surface area contributed by atoms with E-state index in [1.165, 1.54) is 5.56 Å².